The Morgan fingerprint density at radius 3 is 2.11 bits per heavy atom. The normalized spacial score (nSPS) is 19.7. The number of nitrogens with zero attached hydrogens (tertiary/aromatic N) is 2. The van der Waals surface area contributed by atoms with E-state index in [1.807, 2.05) is 12.1 Å². The van der Waals surface area contributed by atoms with Gasteiger partial charge in [-0.1, -0.05) is 12.1 Å². The van der Waals surface area contributed by atoms with Crippen LogP contribution in [0.5, 0.6) is 5.75 Å². The van der Waals surface area contributed by atoms with Crippen LogP contribution in [0.25, 0.3) is 5.57 Å². The maximum absolute atomic E-state index is 13.4. The first-order valence-electron chi connectivity index (χ1n) is 13.0. The Kier molecular flexibility index (Phi) is 8.97. The van der Waals surface area contributed by atoms with E-state index in [0.717, 1.165) is 11.1 Å². The maximum atomic E-state index is 13.4. The number of piperazine rings is 1. The van der Waals surface area contributed by atoms with E-state index in [1.165, 1.54) is 0 Å². The molecule has 0 spiro atoms. The molecule has 210 valence electrons. The predicted octanol–water partition coefficient (Wildman–Crippen LogP) is 4.00. The van der Waals surface area contributed by atoms with Crippen molar-refractivity contribution in [3.05, 3.63) is 35.4 Å². The van der Waals surface area contributed by atoms with Crippen molar-refractivity contribution in [2.24, 2.45) is 0 Å². The Morgan fingerprint density at radius 1 is 0.947 bits per heavy atom. The fourth-order valence-electron chi connectivity index (χ4n) is 4.63. The van der Waals surface area contributed by atoms with Gasteiger partial charge in [0.2, 0.25) is 0 Å². The van der Waals surface area contributed by atoms with Crippen LogP contribution in [0.3, 0.4) is 0 Å². The van der Waals surface area contributed by atoms with Gasteiger partial charge in [0.1, 0.15) is 23.6 Å². The molecule has 2 amide bonds. The molecule has 3 rings (SSSR count). The lowest BCUT2D eigenvalue weighted by Crippen LogP contribution is -2.65. The second-order valence-electron chi connectivity index (χ2n) is 11.4. The summed E-state index contributed by atoms with van der Waals surface area (Å²) in [5, 5.41) is 9.02. The van der Waals surface area contributed by atoms with Gasteiger partial charge in [0.15, 0.2) is 0 Å². The average molecular weight is 533 g/mol. The molecule has 2 aliphatic heterocycles. The molecule has 0 saturated carbocycles. The van der Waals surface area contributed by atoms with Gasteiger partial charge in [-0.25, -0.2) is 14.4 Å². The van der Waals surface area contributed by atoms with E-state index in [1.54, 1.807) is 70.4 Å². The van der Waals surface area contributed by atoms with Crippen molar-refractivity contribution in [2.45, 2.75) is 78.2 Å². The Balaban J connectivity index is 2.08. The molecule has 2 aliphatic rings. The van der Waals surface area contributed by atoms with Crippen LogP contribution in [0.15, 0.2) is 29.8 Å². The van der Waals surface area contributed by atoms with E-state index < -0.39 is 41.4 Å². The van der Waals surface area contributed by atoms with E-state index in [-0.39, 0.29) is 32.9 Å². The van der Waals surface area contributed by atoms with Gasteiger partial charge >= 0.3 is 18.2 Å². The molecule has 1 saturated heterocycles. The third-order valence-corrected chi connectivity index (χ3v) is 5.97. The lowest BCUT2D eigenvalue weighted by molar-refractivity contribution is -0.140. The van der Waals surface area contributed by atoms with Gasteiger partial charge in [-0.15, -0.1) is 0 Å². The molecule has 2 heterocycles. The molecule has 1 aromatic rings. The lowest BCUT2D eigenvalue weighted by atomic mass is 9.82. The maximum Gasteiger partial charge on any atom is 0.411 e. The Bertz CT molecular complexity index is 1050. The number of carbonyl (C=O) groups is 3. The van der Waals surface area contributed by atoms with Crippen molar-refractivity contribution in [3.63, 3.8) is 0 Å². The van der Waals surface area contributed by atoms with Gasteiger partial charge in [-0.3, -0.25) is 4.90 Å². The lowest BCUT2D eigenvalue weighted by Gasteiger charge is -2.50. The first-order valence-corrected chi connectivity index (χ1v) is 13.0. The third kappa shape index (κ3) is 7.18. The second-order valence-corrected chi connectivity index (χ2v) is 11.4. The zero-order valence-electron chi connectivity index (χ0n) is 23.4. The first-order chi connectivity index (χ1) is 17.7. The van der Waals surface area contributed by atoms with Crippen LogP contribution in [0.4, 0.5) is 9.59 Å². The smallest absolute Gasteiger partial charge is 0.411 e. The summed E-state index contributed by atoms with van der Waals surface area (Å²) in [4.78, 5) is 43.0. The highest BCUT2D eigenvalue weighted by molar-refractivity contribution is 6.01. The van der Waals surface area contributed by atoms with Crippen molar-refractivity contribution in [3.8, 4) is 5.75 Å². The molecule has 0 aromatic heterocycles. The van der Waals surface area contributed by atoms with Crippen LogP contribution >= 0.6 is 0 Å². The second kappa shape index (κ2) is 11.6. The summed E-state index contributed by atoms with van der Waals surface area (Å²) in [5.41, 5.74) is 0.407. The number of aliphatic hydroxyl groups excluding tert-OH is 1. The quantitative estimate of drug-likeness (QED) is 0.432. The van der Waals surface area contributed by atoms with Gasteiger partial charge in [0.05, 0.1) is 30.9 Å². The highest BCUT2D eigenvalue weighted by atomic mass is 16.6. The number of carbonyl (C=O) groups excluding carboxylic acids is 3. The minimum Gasteiger partial charge on any atom is -0.491 e. The molecule has 10 heteroatoms. The number of fused-ring (bicyclic) bond motifs is 2. The molecule has 0 aliphatic carbocycles. The van der Waals surface area contributed by atoms with Crippen LogP contribution in [-0.2, 0) is 19.0 Å². The number of esters is 1. The van der Waals surface area contributed by atoms with Crippen molar-refractivity contribution in [2.75, 3.05) is 32.9 Å². The fraction of sp³-hybridized carbons (Fsp3) is 0.607. The van der Waals surface area contributed by atoms with E-state index in [0.29, 0.717) is 17.7 Å². The van der Waals surface area contributed by atoms with Crippen molar-refractivity contribution >= 4 is 23.7 Å². The molecule has 1 N–H and O–H groups in total. The van der Waals surface area contributed by atoms with Crippen molar-refractivity contribution in [1.29, 1.82) is 0 Å². The zero-order chi connectivity index (χ0) is 28.3. The van der Waals surface area contributed by atoms with Crippen LogP contribution in [-0.4, -0.2) is 89.3 Å². The molecular formula is C28H40N2O8. The number of ether oxygens (including phenoxy) is 4. The topological polar surface area (TPSA) is 115 Å². The number of benzene rings is 1. The average Bonchev–Trinajstić information content (AvgIpc) is 2.79. The van der Waals surface area contributed by atoms with E-state index in [4.69, 9.17) is 24.1 Å². The van der Waals surface area contributed by atoms with Gasteiger partial charge < -0.3 is 29.0 Å². The van der Waals surface area contributed by atoms with Crippen LogP contribution in [0.1, 0.15) is 60.5 Å². The minimum atomic E-state index is -0.788. The Morgan fingerprint density at radius 2 is 1.55 bits per heavy atom. The summed E-state index contributed by atoms with van der Waals surface area (Å²) in [6, 6.07) is 5.98. The summed E-state index contributed by atoms with van der Waals surface area (Å²) in [5.74, 6) is 0.0368. The molecule has 10 nitrogen and oxygen atoms in total. The molecule has 2 unspecified atom stereocenters. The SMILES string of the molecule is CCOC(=O)C1=C(c2ccc(OCCO)cc2)CC2CN(C(=O)OC(C)(C)C)CC1N2C(=O)OC(C)(C)C. The van der Waals surface area contributed by atoms with Crippen LogP contribution in [0.2, 0.25) is 0 Å². The summed E-state index contributed by atoms with van der Waals surface area (Å²) in [7, 11) is 0. The van der Waals surface area contributed by atoms with E-state index >= 15 is 0 Å². The largest absolute Gasteiger partial charge is 0.491 e. The highest BCUT2D eigenvalue weighted by Gasteiger charge is 2.49. The third-order valence-electron chi connectivity index (χ3n) is 5.97. The van der Waals surface area contributed by atoms with E-state index in [2.05, 4.69) is 0 Å². The minimum absolute atomic E-state index is 0.0556. The molecule has 38 heavy (non-hydrogen) atoms. The summed E-state index contributed by atoms with van der Waals surface area (Å²) in [6.07, 6.45) is -0.752. The molecule has 1 aromatic carbocycles. The Hall–Kier alpha value is -3.27. The molecule has 2 atom stereocenters. The number of amides is 2. The van der Waals surface area contributed by atoms with Crippen LogP contribution in [0, 0.1) is 0 Å². The predicted molar refractivity (Wildman–Crippen MR) is 141 cm³/mol. The highest BCUT2D eigenvalue weighted by Crippen LogP contribution is 2.40. The number of hydrogen-bond donors (Lipinski definition) is 1. The van der Waals surface area contributed by atoms with Gasteiger partial charge in [-0.2, -0.15) is 0 Å². The van der Waals surface area contributed by atoms with E-state index in [9.17, 15) is 14.4 Å². The van der Waals surface area contributed by atoms with Crippen molar-refractivity contribution in [1.82, 2.24) is 9.80 Å². The van der Waals surface area contributed by atoms with Gasteiger partial charge in [0, 0.05) is 13.1 Å². The number of rotatable bonds is 6. The monoisotopic (exact) mass is 532 g/mol. The van der Waals surface area contributed by atoms with Gasteiger partial charge in [-0.05, 0) is 78.2 Å². The van der Waals surface area contributed by atoms with Crippen molar-refractivity contribution < 1.29 is 38.4 Å². The van der Waals surface area contributed by atoms with Crippen LogP contribution < -0.4 is 4.74 Å². The molecule has 1 fully saturated rings. The standard InChI is InChI=1S/C28H40N2O8/c1-8-35-24(32)23-21(18-9-11-20(12-10-18)36-14-13-31)15-19-16-29(25(33)37-27(2,3)4)17-22(23)30(19)26(34)38-28(5,6)7/h9-12,19,22,31H,8,13-17H2,1-7H3. The summed E-state index contributed by atoms with van der Waals surface area (Å²) in [6.45, 7) is 12.9. The summed E-state index contributed by atoms with van der Waals surface area (Å²) >= 11 is 0. The molecule has 2 bridgehead atoms. The molecular weight excluding hydrogens is 492 g/mol. The molecule has 0 radical (unpaired) electrons. The number of hydrogen-bond acceptors (Lipinski definition) is 8. The summed E-state index contributed by atoms with van der Waals surface area (Å²) < 4.78 is 22.2. The fourth-order valence-corrected chi connectivity index (χ4v) is 4.63. The first kappa shape index (κ1) is 29.3. The van der Waals surface area contributed by atoms with Gasteiger partial charge in [0.25, 0.3) is 0 Å². The Labute approximate surface area is 224 Å². The zero-order valence-corrected chi connectivity index (χ0v) is 23.4. The number of aliphatic hydroxyl groups is 1.